The quantitative estimate of drug-likeness (QED) is 0.749. The Morgan fingerprint density at radius 3 is 2.37 bits per heavy atom. The third-order valence-electron chi connectivity index (χ3n) is 4.48. The van der Waals surface area contributed by atoms with Crippen LogP contribution in [0, 0.1) is 0 Å². The van der Waals surface area contributed by atoms with Gasteiger partial charge in [0.05, 0.1) is 19.1 Å². The summed E-state index contributed by atoms with van der Waals surface area (Å²) in [4.78, 5) is 36.9. The summed E-state index contributed by atoms with van der Waals surface area (Å²) >= 11 is 5.92. The fourth-order valence-electron chi connectivity index (χ4n) is 2.92. The molecule has 0 spiro atoms. The lowest BCUT2D eigenvalue weighted by molar-refractivity contribution is -0.125. The summed E-state index contributed by atoms with van der Waals surface area (Å²) in [5.74, 6) is -0.436. The first-order valence-electron chi connectivity index (χ1n) is 8.71. The number of carbonyl (C=O) groups is 3. The first-order valence-corrected chi connectivity index (χ1v) is 9.09. The number of carbonyl (C=O) groups excluding carboxylic acids is 3. The van der Waals surface area contributed by atoms with Gasteiger partial charge in [-0.1, -0.05) is 42.8 Å². The van der Waals surface area contributed by atoms with Gasteiger partial charge in [0.15, 0.2) is 0 Å². The van der Waals surface area contributed by atoms with Crippen molar-refractivity contribution in [3.8, 4) is 0 Å². The van der Waals surface area contributed by atoms with Crippen molar-refractivity contribution in [2.24, 2.45) is 0 Å². The SMILES string of the molecule is CCC(NC(=O)c1ccc(CN2C(=O)CNC2=O)cc1)c1ccc(Cl)cc1. The highest BCUT2D eigenvalue weighted by Crippen LogP contribution is 2.20. The Labute approximate surface area is 162 Å². The van der Waals surface area contributed by atoms with E-state index in [-0.39, 0.29) is 30.9 Å². The van der Waals surface area contributed by atoms with Crippen LogP contribution in [0.15, 0.2) is 48.5 Å². The number of hydrogen-bond acceptors (Lipinski definition) is 3. The van der Waals surface area contributed by atoms with Crippen LogP contribution in [0.1, 0.15) is 40.9 Å². The number of nitrogens with zero attached hydrogens (tertiary/aromatic N) is 1. The molecule has 1 atom stereocenters. The van der Waals surface area contributed by atoms with Crippen molar-refractivity contribution in [3.05, 3.63) is 70.2 Å². The molecule has 2 aromatic carbocycles. The molecule has 0 aliphatic carbocycles. The van der Waals surface area contributed by atoms with E-state index in [1.54, 1.807) is 36.4 Å². The Hall–Kier alpha value is -2.86. The summed E-state index contributed by atoms with van der Waals surface area (Å²) in [6, 6.07) is 13.8. The average molecular weight is 386 g/mol. The van der Waals surface area contributed by atoms with Crippen molar-refractivity contribution < 1.29 is 14.4 Å². The highest BCUT2D eigenvalue weighted by molar-refractivity contribution is 6.30. The van der Waals surface area contributed by atoms with Gasteiger partial charge < -0.3 is 10.6 Å². The van der Waals surface area contributed by atoms with E-state index in [9.17, 15) is 14.4 Å². The van der Waals surface area contributed by atoms with E-state index in [2.05, 4.69) is 10.6 Å². The van der Waals surface area contributed by atoms with Crippen molar-refractivity contribution in [2.75, 3.05) is 6.54 Å². The molecule has 1 aliphatic rings. The summed E-state index contributed by atoms with van der Waals surface area (Å²) in [7, 11) is 0. The molecule has 6 nitrogen and oxygen atoms in total. The van der Waals surface area contributed by atoms with Gasteiger partial charge in [0.25, 0.3) is 5.91 Å². The van der Waals surface area contributed by atoms with Crippen LogP contribution in [-0.4, -0.2) is 29.3 Å². The molecule has 4 amide bonds. The number of hydrogen-bond donors (Lipinski definition) is 2. The molecule has 7 heteroatoms. The Morgan fingerprint density at radius 1 is 1.15 bits per heavy atom. The summed E-state index contributed by atoms with van der Waals surface area (Å²) in [6.45, 7) is 2.22. The van der Waals surface area contributed by atoms with Gasteiger partial charge in [0.2, 0.25) is 5.91 Å². The summed E-state index contributed by atoms with van der Waals surface area (Å²) in [5, 5.41) is 6.15. The van der Waals surface area contributed by atoms with Crippen LogP contribution in [0.25, 0.3) is 0 Å². The van der Waals surface area contributed by atoms with E-state index in [1.807, 2.05) is 19.1 Å². The minimum absolute atomic E-state index is 0.0302. The molecule has 0 radical (unpaired) electrons. The third kappa shape index (κ3) is 4.46. The van der Waals surface area contributed by atoms with Crippen molar-refractivity contribution in [3.63, 3.8) is 0 Å². The molecule has 140 valence electrons. The van der Waals surface area contributed by atoms with Crippen molar-refractivity contribution in [1.82, 2.24) is 15.5 Å². The number of amides is 4. The van der Waals surface area contributed by atoms with Gasteiger partial charge in [-0.2, -0.15) is 0 Å². The highest BCUT2D eigenvalue weighted by atomic mass is 35.5. The first-order chi connectivity index (χ1) is 13.0. The van der Waals surface area contributed by atoms with Gasteiger partial charge in [0.1, 0.15) is 0 Å². The van der Waals surface area contributed by atoms with E-state index >= 15 is 0 Å². The van der Waals surface area contributed by atoms with Crippen LogP contribution in [-0.2, 0) is 11.3 Å². The lowest BCUT2D eigenvalue weighted by Crippen LogP contribution is -2.30. The molecule has 1 saturated heterocycles. The minimum atomic E-state index is -0.393. The first kappa shape index (κ1) is 18.9. The lowest BCUT2D eigenvalue weighted by atomic mass is 10.0. The topological polar surface area (TPSA) is 78.5 Å². The van der Waals surface area contributed by atoms with Crippen LogP contribution in [0.5, 0.6) is 0 Å². The van der Waals surface area contributed by atoms with Crippen LogP contribution >= 0.6 is 11.6 Å². The third-order valence-corrected chi connectivity index (χ3v) is 4.73. The molecule has 1 aliphatic heterocycles. The summed E-state index contributed by atoms with van der Waals surface area (Å²) in [6.07, 6.45) is 0.748. The second-order valence-corrected chi connectivity index (χ2v) is 6.76. The molecular weight excluding hydrogens is 366 g/mol. The number of imide groups is 1. The van der Waals surface area contributed by atoms with Gasteiger partial charge in [-0.05, 0) is 41.8 Å². The fraction of sp³-hybridized carbons (Fsp3) is 0.250. The smallest absolute Gasteiger partial charge is 0.324 e. The zero-order valence-electron chi connectivity index (χ0n) is 14.9. The number of urea groups is 1. The van der Waals surface area contributed by atoms with Crippen LogP contribution in [0.3, 0.4) is 0 Å². The maximum Gasteiger partial charge on any atom is 0.324 e. The molecule has 2 aromatic rings. The number of nitrogens with one attached hydrogen (secondary N) is 2. The zero-order chi connectivity index (χ0) is 19.4. The molecule has 1 heterocycles. The van der Waals surface area contributed by atoms with Crippen LogP contribution in [0.4, 0.5) is 4.79 Å². The highest BCUT2D eigenvalue weighted by Gasteiger charge is 2.28. The molecule has 3 rings (SSSR count). The van der Waals surface area contributed by atoms with E-state index < -0.39 is 6.03 Å². The van der Waals surface area contributed by atoms with Crippen molar-refractivity contribution in [2.45, 2.75) is 25.9 Å². The molecule has 27 heavy (non-hydrogen) atoms. The van der Waals surface area contributed by atoms with E-state index in [1.165, 1.54) is 0 Å². The predicted octanol–water partition coefficient (Wildman–Crippen LogP) is 3.27. The largest absolute Gasteiger partial charge is 0.345 e. The Kier molecular flexibility index (Phi) is 5.76. The number of benzene rings is 2. The van der Waals surface area contributed by atoms with E-state index in [4.69, 9.17) is 11.6 Å². The maximum atomic E-state index is 12.5. The maximum absolute atomic E-state index is 12.5. The number of rotatable bonds is 6. The average Bonchev–Trinajstić information content (AvgIpc) is 2.99. The molecular formula is C20H20ClN3O3. The normalized spacial score (nSPS) is 14.8. The molecule has 2 N–H and O–H groups in total. The Morgan fingerprint density at radius 2 is 1.81 bits per heavy atom. The van der Waals surface area contributed by atoms with Gasteiger partial charge in [-0.15, -0.1) is 0 Å². The summed E-state index contributed by atoms with van der Waals surface area (Å²) in [5.41, 5.74) is 2.29. The molecule has 1 unspecified atom stereocenters. The van der Waals surface area contributed by atoms with Gasteiger partial charge in [-0.3, -0.25) is 14.5 Å². The van der Waals surface area contributed by atoms with Crippen molar-refractivity contribution in [1.29, 1.82) is 0 Å². The second-order valence-electron chi connectivity index (χ2n) is 6.32. The monoisotopic (exact) mass is 385 g/mol. The molecule has 0 bridgehead atoms. The molecule has 0 saturated carbocycles. The van der Waals surface area contributed by atoms with Crippen molar-refractivity contribution >= 4 is 29.4 Å². The van der Waals surface area contributed by atoms with E-state index in [0.29, 0.717) is 10.6 Å². The second kappa shape index (κ2) is 8.22. The predicted molar refractivity (Wildman–Crippen MR) is 102 cm³/mol. The van der Waals surface area contributed by atoms with Crippen LogP contribution < -0.4 is 10.6 Å². The Balaban J connectivity index is 1.65. The summed E-state index contributed by atoms with van der Waals surface area (Å²) < 4.78 is 0. The zero-order valence-corrected chi connectivity index (χ0v) is 15.6. The van der Waals surface area contributed by atoms with E-state index in [0.717, 1.165) is 22.4 Å². The molecule has 1 fully saturated rings. The fourth-order valence-corrected chi connectivity index (χ4v) is 3.04. The van der Waals surface area contributed by atoms with Gasteiger partial charge in [0, 0.05) is 10.6 Å². The Bertz CT molecular complexity index is 834. The van der Waals surface area contributed by atoms with Gasteiger partial charge >= 0.3 is 6.03 Å². The number of halogens is 1. The minimum Gasteiger partial charge on any atom is -0.345 e. The standard InChI is InChI=1S/C20H20ClN3O3/c1-2-17(14-7-9-16(21)10-8-14)23-19(26)15-5-3-13(4-6-15)12-24-18(25)11-22-20(24)27/h3-10,17H,2,11-12H2,1H3,(H,22,27)(H,23,26). The van der Waals surface area contributed by atoms with Crippen LogP contribution in [0.2, 0.25) is 5.02 Å². The van der Waals surface area contributed by atoms with Gasteiger partial charge in [-0.25, -0.2) is 4.79 Å². The lowest BCUT2D eigenvalue weighted by Gasteiger charge is -2.18. The molecule has 0 aromatic heterocycles.